The monoisotopic (exact) mass is 350 g/mol. The smallest absolute Gasteiger partial charge is 0.303 e. The van der Waals surface area contributed by atoms with Crippen LogP contribution in [0.25, 0.3) is 0 Å². The SMILES string of the molecule is CN(C(=O)[C@@H]1CN(c2ccccn2)S(=O)(=O)N1)c1ccc(F)cc1. The molecule has 2 aromatic rings. The summed E-state index contributed by atoms with van der Waals surface area (Å²) in [6, 6.07) is 9.31. The zero-order chi connectivity index (χ0) is 17.3. The molecule has 0 aliphatic carbocycles. The van der Waals surface area contributed by atoms with Gasteiger partial charge in [0.05, 0.1) is 6.54 Å². The van der Waals surface area contributed by atoms with Crippen LogP contribution < -0.4 is 13.9 Å². The molecule has 3 rings (SSSR count). The molecule has 0 saturated carbocycles. The van der Waals surface area contributed by atoms with Crippen molar-refractivity contribution in [1.82, 2.24) is 9.71 Å². The molecule has 1 N–H and O–H groups in total. The molecule has 1 saturated heterocycles. The van der Waals surface area contributed by atoms with Crippen LogP contribution >= 0.6 is 0 Å². The molecule has 1 aliphatic heterocycles. The van der Waals surface area contributed by atoms with Crippen LogP contribution in [0.1, 0.15) is 0 Å². The number of carbonyl (C=O) groups excluding carboxylic acids is 1. The molecule has 1 fully saturated rings. The average Bonchev–Trinajstić information content (AvgIpc) is 2.90. The van der Waals surface area contributed by atoms with Crippen LogP contribution in [0, 0.1) is 5.82 Å². The zero-order valence-corrected chi connectivity index (χ0v) is 13.6. The lowest BCUT2D eigenvalue weighted by atomic mass is 10.2. The predicted octanol–water partition coefficient (Wildman–Crippen LogP) is 0.907. The van der Waals surface area contributed by atoms with Gasteiger partial charge in [0.1, 0.15) is 17.7 Å². The Morgan fingerprint density at radius 2 is 2.00 bits per heavy atom. The number of aromatic nitrogens is 1. The molecule has 0 unspecified atom stereocenters. The van der Waals surface area contributed by atoms with Crippen molar-refractivity contribution < 1.29 is 17.6 Å². The van der Waals surface area contributed by atoms with Crippen molar-refractivity contribution in [2.24, 2.45) is 0 Å². The number of likely N-dealkylation sites (N-methyl/N-ethyl adjacent to an activating group) is 1. The van der Waals surface area contributed by atoms with Gasteiger partial charge in [-0.15, -0.1) is 0 Å². The molecule has 1 aliphatic rings. The first-order valence-corrected chi connectivity index (χ1v) is 8.56. The molecular weight excluding hydrogens is 335 g/mol. The van der Waals surface area contributed by atoms with Crippen molar-refractivity contribution >= 4 is 27.6 Å². The number of hydrogen-bond donors (Lipinski definition) is 1. The Morgan fingerprint density at radius 1 is 1.29 bits per heavy atom. The minimum atomic E-state index is -3.84. The van der Waals surface area contributed by atoms with Gasteiger partial charge in [-0.25, -0.2) is 13.7 Å². The summed E-state index contributed by atoms with van der Waals surface area (Å²) in [5, 5.41) is 0. The minimum Gasteiger partial charge on any atom is -0.314 e. The number of halogens is 1. The van der Waals surface area contributed by atoms with E-state index in [1.54, 1.807) is 18.2 Å². The van der Waals surface area contributed by atoms with Crippen LogP contribution in [0.4, 0.5) is 15.9 Å². The third-order valence-corrected chi connectivity index (χ3v) is 5.18. The van der Waals surface area contributed by atoms with Crippen LogP contribution in [0.15, 0.2) is 48.7 Å². The molecule has 24 heavy (non-hydrogen) atoms. The van der Waals surface area contributed by atoms with Crippen molar-refractivity contribution in [2.45, 2.75) is 6.04 Å². The van der Waals surface area contributed by atoms with Crippen molar-refractivity contribution in [2.75, 3.05) is 22.8 Å². The molecule has 2 heterocycles. The number of nitrogens with zero attached hydrogens (tertiary/aromatic N) is 3. The molecular formula is C15H15FN4O3S. The summed E-state index contributed by atoms with van der Waals surface area (Å²) in [7, 11) is -2.34. The number of rotatable bonds is 3. The van der Waals surface area contributed by atoms with Crippen molar-refractivity contribution in [1.29, 1.82) is 0 Å². The van der Waals surface area contributed by atoms with Crippen LogP contribution in [0.2, 0.25) is 0 Å². The molecule has 1 aromatic carbocycles. The van der Waals surface area contributed by atoms with Crippen molar-refractivity contribution in [3.63, 3.8) is 0 Å². The fourth-order valence-corrected chi connectivity index (χ4v) is 3.78. The van der Waals surface area contributed by atoms with Gasteiger partial charge >= 0.3 is 10.2 Å². The Bertz CT molecular complexity index is 843. The van der Waals surface area contributed by atoms with E-state index in [0.717, 1.165) is 4.31 Å². The lowest BCUT2D eigenvalue weighted by Crippen LogP contribution is -2.44. The third-order valence-electron chi connectivity index (χ3n) is 3.68. The normalized spacial score (nSPS) is 19.2. The fraction of sp³-hybridized carbons (Fsp3) is 0.200. The Balaban J connectivity index is 1.81. The molecule has 1 aromatic heterocycles. The maximum atomic E-state index is 13.0. The van der Waals surface area contributed by atoms with E-state index in [-0.39, 0.29) is 12.4 Å². The summed E-state index contributed by atoms with van der Waals surface area (Å²) in [4.78, 5) is 17.8. The summed E-state index contributed by atoms with van der Waals surface area (Å²) in [6.07, 6.45) is 1.48. The first kappa shape index (κ1) is 16.3. The van der Waals surface area contributed by atoms with Gasteiger partial charge in [-0.1, -0.05) is 6.07 Å². The fourth-order valence-electron chi connectivity index (χ4n) is 2.42. The Labute approximate surface area is 138 Å². The summed E-state index contributed by atoms with van der Waals surface area (Å²) in [5.41, 5.74) is 0.469. The lowest BCUT2D eigenvalue weighted by Gasteiger charge is -2.20. The van der Waals surface area contributed by atoms with Crippen LogP contribution in [-0.2, 0) is 15.0 Å². The molecule has 126 valence electrons. The number of anilines is 2. The highest BCUT2D eigenvalue weighted by Crippen LogP contribution is 2.21. The second-order valence-corrected chi connectivity index (χ2v) is 6.89. The number of pyridine rings is 1. The number of hydrogen-bond acceptors (Lipinski definition) is 4. The maximum Gasteiger partial charge on any atom is 0.303 e. The maximum absolute atomic E-state index is 13.0. The minimum absolute atomic E-state index is 0.0658. The molecule has 7 nitrogen and oxygen atoms in total. The van der Waals surface area contributed by atoms with Gasteiger partial charge in [-0.05, 0) is 36.4 Å². The highest BCUT2D eigenvalue weighted by molar-refractivity contribution is 7.91. The van der Waals surface area contributed by atoms with Gasteiger partial charge in [0.15, 0.2) is 0 Å². The topological polar surface area (TPSA) is 82.6 Å². The highest BCUT2D eigenvalue weighted by Gasteiger charge is 2.41. The van der Waals surface area contributed by atoms with E-state index in [4.69, 9.17) is 0 Å². The quantitative estimate of drug-likeness (QED) is 0.892. The van der Waals surface area contributed by atoms with E-state index >= 15 is 0 Å². The lowest BCUT2D eigenvalue weighted by molar-refractivity contribution is -0.119. The van der Waals surface area contributed by atoms with Crippen LogP contribution in [0.5, 0.6) is 0 Å². The molecule has 1 amide bonds. The average molecular weight is 350 g/mol. The predicted molar refractivity (Wildman–Crippen MR) is 87.2 cm³/mol. The van der Waals surface area contributed by atoms with Gasteiger partial charge in [0, 0.05) is 18.9 Å². The Morgan fingerprint density at radius 3 is 2.62 bits per heavy atom. The van der Waals surface area contributed by atoms with E-state index in [1.165, 1.54) is 42.4 Å². The van der Waals surface area contributed by atoms with Gasteiger partial charge in [-0.3, -0.25) is 4.79 Å². The Kier molecular flexibility index (Phi) is 4.20. The summed E-state index contributed by atoms with van der Waals surface area (Å²) < 4.78 is 40.8. The van der Waals surface area contributed by atoms with Crippen LogP contribution in [-0.4, -0.2) is 38.9 Å². The molecule has 1 atom stereocenters. The number of carbonyl (C=O) groups is 1. The standard InChI is InChI=1S/C15H15FN4O3S/c1-19(12-7-5-11(16)6-8-12)15(21)13-10-20(24(22,23)18-13)14-4-2-3-9-17-14/h2-9,13,18H,10H2,1H3/t13-/m0/s1. The van der Waals surface area contributed by atoms with E-state index in [2.05, 4.69) is 9.71 Å². The van der Waals surface area contributed by atoms with Gasteiger partial charge in [0.25, 0.3) is 0 Å². The van der Waals surface area contributed by atoms with Crippen molar-refractivity contribution in [3.8, 4) is 0 Å². The number of benzene rings is 1. The largest absolute Gasteiger partial charge is 0.314 e. The van der Waals surface area contributed by atoms with Gasteiger partial charge in [-0.2, -0.15) is 13.1 Å². The summed E-state index contributed by atoms with van der Waals surface area (Å²) in [6.45, 7) is -0.0658. The first-order valence-electron chi connectivity index (χ1n) is 7.12. The second kappa shape index (κ2) is 6.17. The molecule has 9 heteroatoms. The third kappa shape index (κ3) is 3.08. The summed E-state index contributed by atoms with van der Waals surface area (Å²) in [5.74, 6) is -0.615. The first-order chi connectivity index (χ1) is 11.4. The second-order valence-electron chi connectivity index (χ2n) is 5.27. The van der Waals surface area contributed by atoms with E-state index in [1.807, 2.05) is 0 Å². The van der Waals surface area contributed by atoms with Crippen LogP contribution in [0.3, 0.4) is 0 Å². The van der Waals surface area contributed by atoms with E-state index in [0.29, 0.717) is 5.69 Å². The number of amides is 1. The van der Waals surface area contributed by atoms with Gasteiger partial charge in [0.2, 0.25) is 5.91 Å². The van der Waals surface area contributed by atoms with E-state index in [9.17, 15) is 17.6 Å². The van der Waals surface area contributed by atoms with Gasteiger partial charge < -0.3 is 4.90 Å². The van der Waals surface area contributed by atoms with E-state index < -0.39 is 28.0 Å². The highest BCUT2D eigenvalue weighted by atomic mass is 32.2. The molecule has 0 spiro atoms. The molecule has 0 radical (unpaired) electrons. The summed E-state index contributed by atoms with van der Waals surface area (Å²) >= 11 is 0. The zero-order valence-electron chi connectivity index (χ0n) is 12.8. The number of nitrogens with one attached hydrogen (secondary N) is 1. The molecule has 0 bridgehead atoms. The Hall–Kier alpha value is -2.52. The van der Waals surface area contributed by atoms with Crippen molar-refractivity contribution in [3.05, 3.63) is 54.5 Å².